The van der Waals surface area contributed by atoms with Crippen LogP contribution in [0.25, 0.3) is 0 Å². The number of rotatable bonds is 4. The van der Waals surface area contributed by atoms with Gasteiger partial charge >= 0.3 is 0 Å². The highest BCUT2D eigenvalue weighted by Gasteiger charge is 2.08. The van der Waals surface area contributed by atoms with Gasteiger partial charge in [-0.25, -0.2) is 0 Å². The number of amides is 1. The Morgan fingerprint density at radius 1 is 1.50 bits per heavy atom. The molecule has 0 N–H and O–H groups in total. The molecule has 0 aliphatic carbocycles. The molecule has 0 atom stereocenters. The third kappa shape index (κ3) is 3.14. The molecule has 3 nitrogen and oxygen atoms in total. The molecule has 0 saturated heterocycles. The predicted molar refractivity (Wildman–Crippen MR) is 64.9 cm³/mol. The molecule has 88 valence electrons. The Balaban J connectivity index is 2.75. The number of hydrogen-bond donors (Lipinski definition) is 0. The fraction of sp³-hybridized carbons (Fsp3) is 0.417. The Morgan fingerprint density at radius 3 is 2.69 bits per heavy atom. The molecule has 0 bridgehead atoms. The average Bonchev–Trinajstić information content (AvgIpc) is 2.28. The van der Waals surface area contributed by atoms with E-state index in [2.05, 4.69) is 0 Å². The highest BCUT2D eigenvalue weighted by atomic mass is 35.5. The lowest BCUT2D eigenvalue weighted by atomic mass is 10.1. The molecule has 16 heavy (non-hydrogen) atoms. The normalized spacial score (nSPS) is 10.0. The van der Waals surface area contributed by atoms with Gasteiger partial charge in [0.15, 0.2) is 0 Å². The molecule has 0 radical (unpaired) electrons. The van der Waals surface area contributed by atoms with Crippen molar-refractivity contribution in [2.45, 2.75) is 13.5 Å². The van der Waals surface area contributed by atoms with Crippen LogP contribution in [0, 0.1) is 6.92 Å². The summed E-state index contributed by atoms with van der Waals surface area (Å²) in [4.78, 5) is 12.9. The Kier molecular flexibility index (Phi) is 4.62. The van der Waals surface area contributed by atoms with Crippen molar-refractivity contribution >= 4 is 17.5 Å². The maximum Gasteiger partial charge on any atom is 0.237 e. The van der Waals surface area contributed by atoms with Crippen LogP contribution in [-0.2, 0) is 11.3 Å². The van der Waals surface area contributed by atoms with Crippen molar-refractivity contribution in [2.75, 3.05) is 20.0 Å². The Labute approximate surface area is 101 Å². The number of ether oxygens (including phenoxy) is 1. The monoisotopic (exact) mass is 241 g/mol. The summed E-state index contributed by atoms with van der Waals surface area (Å²) in [6.07, 6.45) is 0. The smallest absolute Gasteiger partial charge is 0.237 e. The van der Waals surface area contributed by atoms with Crippen molar-refractivity contribution < 1.29 is 9.53 Å². The Hall–Kier alpha value is -1.22. The highest BCUT2D eigenvalue weighted by Crippen LogP contribution is 2.19. The minimum Gasteiger partial charge on any atom is -0.496 e. The van der Waals surface area contributed by atoms with E-state index >= 15 is 0 Å². The van der Waals surface area contributed by atoms with E-state index in [0.29, 0.717) is 6.54 Å². The largest absolute Gasteiger partial charge is 0.496 e. The second kappa shape index (κ2) is 5.75. The molecular formula is C12H16ClNO2. The second-order valence-electron chi connectivity index (χ2n) is 3.69. The third-order valence-corrected chi connectivity index (χ3v) is 2.65. The lowest BCUT2D eigenvalue weighted by molar-refractivity contribution is -0.127. The average molecular weight is 242 g/mol. The Bertz CT molecular complexity index is 379. The quantitative estimate of drug-likeness (QED) is 0.757. The van der Waals surface area contributed by atoms with Crippen LogP contribution >= 0.6 is 11.6 Å². The number of hydrogen-bond acceptors (Lipinski definition) is 2. The number of alkyl halides is 1. The second-order valence-corrected chi connectivity index (χ2v) is 3.95. The fourth-order valence-electron chi connectivity index (χ4n) is 1.50. The number of halogens is 1. The number of benzene rings is 1. The molecule has 0 aliphatic heterocycles. The van der Waals surface area contributed by atoms with Gasteiger partial charge in [0.05, 0.1) is 7.11 Å². The van der Waals surface area contributed by atoms with Crippen molar-refractivity contribution in [1.82, 2.24) is 4.90 Å². The van der Waals surface area contributed by atoms with Gasteiger partial charge in [0.1, 0.15) is 11.6 Å². The molecule has 0 heterocycles. The number of aryl methyl sites for hydroxylation is 1. The fourth-order valence-corrected chi connectivity index (χ4v) is 1.71. The van der Waals surface area contributed by atoms with Gasteiger partial charge in [0.25, 0.3) is 0 Å². The predicted octanol–water partition coefficient (Wildman–Crippen LogP) is 2.20. The first-order valence-electron chi connectivity index (χ1n) is 5.02. The van der Waals surface area contributed by atoms with Gasteiger partial charge in [-0.1, -0.05) is 12.1 Å². The van der Waals surface area contributed by atoms with Crippen molar-refractivity contribution in [1.29, 1.82) is 0 Å². The molecule has 0 aromatic heterocycles. The molecule has 0 fully saturated rings. The summed E-state index contributed by atoms with van der Waals surface area (Å²) in [5, 5.41) is 0. The van der Waals surface area contributed by atoms with E-state index in [1.807, 2.05) is 25.1 Å². The summed E-state index contributed by atoms with van der Waals surface area (Å²) in [7, 11) is 3.38. The van der Waals surface area contributed by atoms with E-state index in [0.717, 1.165) is 16.9 Å². The number of nitrogens with zero attached hydrogens (tertiary/aromatic N) is 1. The van der Waals surface area contributed by atoms with Crippen LogP contribution in [0.2, 0.25) is 0 Å². The van der Waals surface area contributed by atoms with Gasteiger partial charge in [-0.15, -0.1) is 11.6 Å². The van der Waals surface area contributed by atoms with Crippen LogP contribution in [0.4, 0.5) is 0 Å². The Morgan fingerprint density at radius 2 is 2.19 bits per heavy atom. The zero-order valence-electron chi connectivity index (χ0n) is 9.79. The molecule has 0 aliphatic rings. The van der Waals surface area contributed by atoms with Gasteiger partial charge in [-0.2, -0.15) is 0 Å². The van der Waals surface area contributed by atoms with Crippen LogP contribution in [-0.4, -0.2) is 30.8 Å². The maximum absolute atomic E-state index is 11.3. The van der Waals surface area contributed by atoms with Crippen LogP contribution in [0.3, 0.4) is 0 Å². The highest BCUT2D eigenvalue weighted by molar-refractivity contribution is 6.27. The minimum atomic E-state index is -0.0739. The van der Waals surface area contributed by atoms with E-state index in [1.54, 1.807) is 19.1 Å². The summed E-state index contributed by atoms with van der Waals surface area (Å²) >= 11 is 5.48. The third-order valence-electron chi connectivity index (χ3n) is 2.42. The van der Waals surface area contributed by atoms with E-state index in [9.17, 15) is 4.79 Å². The lowest BCUT2D eigenvalue weighted by Gasteiger charge is -2.16. The van der Waals surface area contributed by atoms with Crippen LogP contribution < -0.4 is 4.74 Å². The number of carbonyl (C=O) groups is 1. The van der Waals surface area contributed by atoms with E-state index in [-0.39, 0.29) is 11.8 Å². The van der Waals surface area contributed by atoms with Crippen molar-refractivity contribution in [3.05, 3.63) is 29.3 Å². The zero-order chi connectivity index (χ0) is 12.1. The first kappa shape index (κ1) is 12.8. The van der Waals surface area contributed by atoms with E-state index in [4.69, 9.17) is 16.3 Å². The van der Waals surface area contributed by atoms with Gasteiger partial charge in [0, 0.05) is 13.6 Å². The topological polar surface area (TPSA) is 29.5 Å². The number of methoxy groups -OCH3 is 1. The van der Waals surface area contributed by atoms with Crippen molar-refractivity contribution in [3.63, 3.8) is 0 Å². The van der Waals surface area contributed by atoms with Crippen molar-refractivity contribution in [2.24, 2.45) is 0 Å². The molecule has 0 saturated carbocycles. The van der Waals surface area contributed by atoms with E-state index in [1.165, 1.54) is 0 Å². The van der Waals surface area contributed by atoms with Gasteiger partial charge in [-0.3, -0.25) is 4.79 Å². The molecule has 4 heteroatoms. The lowest BCUT2D eigenvalue weighted by Crippen LogP contribution is -2.27. The van der Waals surface area contributed by atoms with Crippen LogP contribution in [0.1, 0.15) is 11.1 Å². The molecule has 0 unspecified atom stereocenters. The first-order chi connectivity index (χ1) is 7.58. The summed E-state index contributed by atoms with van der Waals surface area (Å²) in [5.41, 5.74) is 2.13. The SMILES string of the molecule is COc1ccc(CN(C)C(=O)CCl)cc1C. The molecule has 1 aromatic carbocycles. The zero-order valence-corrected chi connectivity index (χ0v) is 10.5. The van der Waals surface area contributed by atoms with Gasteiger partial charge in [0.2, 0.25) is 5.91 Å². The summed E-state index contributed by atoms with van der Waals surface area (Å²) in [6, 6.07) is 5.87. The van der Waals surface area contributed by atoms with E-state index < -0.39 is 0 Å². The summed E-state index contributed by atoms with van der Waals surface area (Å²) in [6.45, 7) is 2.54. The molecule has 1 aromatic rings. The van der Waals surface area contributed by atoms with Crippen LogP contribution in [0.5, 0.6) is 5.75 Å². The van der Waals surface area contributed by atoms with Gasteiger partial charge < -0.3 is 9.64 Å². The van der Waals surface area contributed by atoms with Crippen molar-refractivity contribution in [3.8, 4) is 5.75 Å². The number of carbonyl (C=O) groups excluding carboxylic acids is 1. The standard InChI is InChI=1S/C12H16ClNO2/c1-9-6-10(4-5-11(9)16-3)8-14(2)12(15)7-13/h4-6H,7-8H2,1-3H3. The summed E-state index contributed by atoms with van der Waals surface area (Å²) in [5.74, 6) is 0.802. The maximum atomic E-state index is 11.3. The molecule has 1 amide bonds. The molecule has 0 spiro atoms. The van der Waals surface area contributed by atoms with Crippen LogP contribution in [0.15, 0.2) is 18.2 Å². The van der Waals surface area contributed by atoms with Gasteiger partial charge in [-0.05, 0) is 24.1 Å². The molecular weight excluding hydrogens is 226 g/mol. The summed E-state index contributed by atoms with van der Waals surface area (Å²) < 4.78 is 5.17. The first-order valence-corrected chi connectivity index (χ1v) is 5.55. The molecule has 1 rings (SSSR count). The minimum absolute atomic E-state index is 0.0195.